The molecule has 0 spiro atoms. The van der Waals surface area contributed by atoms with E-state index in [0.717, 1.165) is 0 Å². The van der Waals surface area contributed by atoms with Crippen molar-refractivity contribution >= 4 is 23.2 Å². The van der Waals surface area contributed by atoms with Gasteiger partial charge in [0.1, 0.15) is 28.7 Å². The summed E-state index contributed by atoms with van der Waals surface area (Å²) in [5.41, 5.74) is 1.24. The van der Waals surface area contributed by atoms with E-state index in [0.29, 0.717) is 22.9 Å². The van der Waals surface area contributed by atoms with E-state index in [4.69, 9.17) is 9.15 Å². The van der Waals surface area contributed by atoms with Crippen LogP contribution in [0.3, 0.4) is 0 Å². The predicted octanol–water partition coefficient (Wildman–Crippen LogP) is 3.22. The number of nitrogens with one attached hydrogen (secondary N) is 2. The lowest BCUT2D eigenvalue weighted by Gasteiger charge is -2.23. The van der Waals surface area contributed by atoms with Crippen LogP contribution in [0.25, 0.3) is 5.88 Å². The van der Waals surface area contributed by atoms with E-state index < -0.39 is 12.0 Å². The van der Waals surface area contributed by atoms with E-state index in [-0.39, 0.29) is 22.9 Å². The first-order valence-electron chi connectivity index (χ1n) is 8.57. The number of nitriles is 1. The fraction of sp³-hybridized carbons (Fsp3) is 0.150. The molecule has 1 aliphatic rings. The second-order valence-corrected chi connectivity index (χ2v) is 6.33. The van der Waals surface area contributed by atoms with Crippen LogP contribution >= 0.6 is 0 Å². The number of benzene rings is 1. The zero-order chi connectivity index (χ0) is 19.8. The molecule has 0 radical (unpaired) electrons. The Labute approximate surface area is 160 Å². The van der Waals surface area contributed by atoms with Gasteiger partial charge in [-0.3, -0.25) is 14.2 Å². The summed E-state index contributed by atoms with van der Waals surface area (Å²) >= 11 is 0. The lowest BCUT2D eigenvalue weighted by atomic mass is 10.1. The molecule has 0 saturated carbocycles. The quantitative estimate of drug-likeness (QED) is 0.729. The Balaban J connectivity index is 1.64. The summed E-state index contributed by atoms with van der Waals surface area (Å²) in [7, 11) is 0. The SMILES string of the molecule is Cc1oc(-n2cccc2)c(C#N)c1C(=O)Nc1ccc2c(c1)NC(=O)C(C)O2. The maximum Gasteiger partial charge on any atom is 0.265 e. The summed E-state index contributed by atoms with van der Waals surface area (Å²) in [6.07, 6.45) is 2.88. The van der Waals surface area contributed by atoms with E-state index in [1.165, 1.54) is 0 Å². The number of nitrogens with zero attached hydrogens (tertiary/aromatic N) is 2. The Morgan fingerprint density at radius 1 is 1.32 bits per heavy atom. The minimum Gasteiger partial charge on any atom is -0.479 e. The smallest absolute Gasteiger partial charge is 0.265 e. The van der Waals surface area contributed by atoms with E-state index >= 15 is 0 Å². The van der Waals surface area contributed by atoms with E-state index in [1.54, 1.807) is 61.1 Å². The molecule has 1 aromatic carbocycles. The van der Waals surface area contributed by atoms with Crippen LogP contribution in [0.5, 0.6) is 5.75 Å². The summed E-state index contributed by atoms with van der Waals surface area (Å²) in [5.74, 6) is 0.408. The number of aromatic nitrogens is 1. The molecule has 2 N–H and O–H groups in total. The summed E-state index contributed by atoms with van der Waals surface area (Å²) in [6, 6.07) is 10.6. The molecular formula is C20H16N4O4. The number of anilines is 2. The predicted molar refractivity (Wildman–Crippen MR) is 101 cm³/mol. The highest BCUT2D eigenvalue weighted by Crippen LogP contribution is 2.33. The molecule has 2 amide bonds. The fourth-order valence-electron chi connectivity index (χ4n) is 3.04. The van der Waals surface area contributed by atoms with Crippen LogP contribution in [0, 0.1) is 18.3 Å². The summed E-state index contributed by atoms with van der Waals surface area (Å²) in [5, 5.41) is 15.0. The number of hydrogen-bond donors (Lipinski definition) is 2. The van der Waals surface area contributed by atoms with Crippen LogP contribution < -0.4 is 15.4 Å². The van der Waals surface area contributed by atoms with Crippen LogP contribution in [0.1, 0.15) is 28.6 Å². The number of aryl methyl sites for hydroxylation is 1. The van der Waals surface area contributed by atoms with Gasteiger partial charge in [-0.1, -0.05) is 0 Å². The molecule has 3 aromatic rings. The Kier molecular flexibility index (Phi) is 4.12. The van der Waals surface area contributed by atoms with E-state index in [9.17, 15) is 14.9 Å². The summed E-state index contributed by atoms with van der Waals surface area (Å²) in [4.78, 5) is 24.6. The topological polar surface area (TPSA) is 109 Å². The van der Waals surface area contributed by atoms with Crippen molar-refractivity contribution < 1.29 is 18.7 Å². The molecule has 1 unspecified atom stereocenters. The zero-order valence-electron chi connectivity index (χ0n) is 15.1. The van der Waals surface area contributed by atoms with Gasteiger partial charge in [0.25, 0.3) is 11.8 Å². The minimum atomic E-state index is -0.577. The van der Waals surface area contributed by atoms with E-state index in [2.05, 4.69) is 10.6 Å². The standard InChI is InChI=1S/C20H16N4O4/c1-11-17(14(10-21)20(28-11)24-7-3-4-8-24)19(26)22-13-5-6-16-15(9-13)23-18(25)12(2)27-16/h3-9,12H,1-2H3,(H,22,26)(H,23,25). The molecule has 1 atom stereocenters. The van der Waals surface area contributed by atoms with Crippen molar-refractivity contribution in [2.45, 2.75) is 20.0 Å². The molecule has 140 valence electrons. The van der Waals surface area contributed by atoms with Gasteiger partial charge >= 0.3 is 0 Å². The minimum absolute atomic E-state index is 0.148. The number of furan rings is 1. The maximum atomic E-state index is 12.8. The Morgan fingerprint density at radius 3 is 2.79 bits per heavy atom. The fourth-order valence-corrected chi connectivity index (χ4v) is 3.04. The second kappa shape index (κ2) is 6.63. The highest BCUT2D eigenvalue weighted by atomic mass is 16.5. The summed E-state index contributed by atoms with van der Waals surface area (Å²) in [6.45, 7) is 3.28. The largest absolute Gasteiger partial charge is 0.479 e. The van der Waals surface area contributed by atoms with Crippen LogP contribution in [0.2, 0.25) is 0 Å². The first-order chi connectivity index (χ1) is 13.5. The molecule has 0 bridgehead atoms. The monoisotopic (exact) mass is 376 g/mol. The number of rotatable bonds is 3. The first kappa shape index (κ1) is 17.4. The zero-order valence-corrected chi connectivity index (χ0v) is 15.1. The number of ether oxygens (including phenoxy) is 1. The van der Waals surface area contributed by atoms with Crippen molar-refractivity contribution in [3.63, 3.8) is 0 Å². The van der Waals surface area contributed by atoms with Gasteiger partial charge in [-0.05, 0) is 44.2 Å². The molecule has 4 rings (SSSR count). The number of carbonyl (C=O) groups excluding carboxylic acids is 2. The average Bonchev–Trinajstić information content (AvgIpc) is 3.30. The van der Waals surface area contributed by atoms with Crippen molar-refractivity contribution in [1.29, 1.82) is 5.26 Å². The summed E-state index contributed by atoms with van der Waals surface area (Å²) < 4.78 is 12.8. The molecule has 3 heterocycles. The highest BCUT2D eigenvalue weighted by molar-refractivity contribution is 6.08. The molecule has 1 aliphatic heterocycles. The molecule has 28 heavy (non-hydrogen) atoms. The molecule has 0 aliphatic carbocycles. The van der Waals surface area contributed by atoms with Crippen molar-refractivity contribution in [2.75, 3.05) is 10.6 Å². The number of hydrogen-bond acceptors (Lipinski definition) is 5. The van der Waals surface area contributed by atoms with Crippen LogP contribution in [0.15, 0.2) is 47.1 Å². The molecule has 2 aromatic heterocycles. The lowest BCUT2D eigenvalue weighted by molar-refractivity contribution is -0.122. The lowest BCUT2D eigenvalue weighted by Crippen LogP contribution is -2.34. The van der Waals surface area contributed by atoms with Crippen molar-refractivity contribution in [3.05, 3.63) is 59.6 Å². The molecule has 8 nitrogen and oxygen atoms in total. The van der Waals surface area contributed by atoms with Gasteiger partial charge in [-0.25, -0.2) is 0 Å². The number of amides is 2. The van der Waals surface area contributed by atoms with Crippen LogP contribution in [0.4, 0.5) is 11.4 Å². The van der Waals surface area contributed by atoms with Crippen molar-refractivity contribution in [3.8, 4) is 17.7 Å². The van der Waals surface area contributed by atoms with Gasteiger partial charge in [-0.15, -0.1) is 0 Å². The van der Waals surface area contributed by atoms with Crippen LogP contribution in [-0.2, 0) is 4.79 Å². The second-order valence-electron chi connectivity index (χ2n) is 6.33. The molecule has 8 heteroatoms. The third-order valence-corrected chi connectivity index (χ3v) is 4.41. The Bertz CT molecular complexity index is 1120. The third-order valence-electron chi connectivity index (χ3n) is 4.41. The third kappa shape index (κ3) is 2.89. The van der Waals surface area contributed by atoms with Crippen molar-refractivity contribution in [2.24, 2.45) is 0 Å². The van der Waals surface area contributed by atoms with Crippen molar-refractivity contribution in [1.82, 2.24) is 4.57 Å². The highest BCUT2D eigenvalue weighted by Gasteiger charge is 2.26. The van der Waals surface area contributed by atoms with Gasteiger partial charge in [0.05, 0.1) is 5.69 Å². The van der Waals surface area contributed by atoms with Crippen LogP contribution in [-0.4, -0.2) is 22.5 Å². The first-order valence-corrected chi connectivity index (χ1v) is 8.57. The Hall–Kier alpha value is -3.99. The maximum absolute atomic E-state index is 12.8. The van der Waals surface area contributed by atoms with Gasteiger partial charge in [0, 0.05) is 18.1 Å². The normalized spacial score (nSPS) is 15.2. The molecule has 0 saturated heterocycles. The van der Waals surface area contributed by atoms with Gasteiger partial charge in [0.15, 0.2) is 6.10 Å². The molecular weight excluding hydrogens is 360 g/mol. The van der Waals surface area contributed by atoms with E-state index in [1.807, 2.05) is 6.07 Å². The number of carbonyl (C=O) groups is 2. The molecule has 0 fully saturated rings. The van der Waals surface area contributed by atoms with Gasteiger partial charge in [-0.2, -0.15) is 5.26 Å². The van der Waals surface area contributed by atoms with Gasteiger partial charge < -0.3 is 19.8 Å². The number of fused-ring (bicyclic) bond motifs is 1. The average molecular weight is 376 g/mol. The Morgan fingerprint density at radius 2 is 2.07 bits per heavy atom. The van der Waals surface area contributed by atoms with Gasteiger partial charge in [0.2, 0.25) is 5.88 Å².